The topological polar surface area (TPSA) is 123 Å². The smallest absolute Gasteiger partial charge is 0.254 e. The summed E-state index contributed by atoms with van der Waals surface area (Å²) in [4.78, 5) is 11.4. The summed E-state index contributed by atoms with van der Waals surface area (Å²) in [6.45, 7) is 1.13. The van der Waals surface area contributed by atoms with Gasteiger partial charge in [0.15, 0.2) is 0 Å². The van der Waals surface area contributed by atoms with Crippen LogP contribution in [0.4, 0.5) is 4.39 Å². The average molecular weight is 338 g/mol. The van der Waals surface area contributed by atoms with Gasteiger partial charge in [-0.2, -0.15) is 0 Å². The van der Waals surface area contributed by atoms with E-state index in [1.807, 2.05) is 0 Å². The molecule has 10 heteroatoms. The highest BCUT2D eigenvalue weighted by molar-refractivity contribution is 7.90. The second kappa shape index (κ2) is 6.08. The van der Waals surface area contributed by atoms with Gasteiger partial charge in [0, 0.05) is 12.8 Å². The van der Waals surface area contributed by atoms with Crippen LogP contribution >= 0.6 is 0 Å². The maximum Gasteiger partial charge on any atom is 0.254 e. The third-order valence-electron chi connectivity index (χ3n) is 2.57. The number of rotatable bonds is 5. The summed E-state index contributed by atoms with van der Waals surface area (Å²) in [5, 5.41) is 7.17. The first-order valence-electron chi connectivity index (χ1n) is 5.70. The minimum absolute atomic E-state index is 0.0719. The van der Waals surface area contributed by atoms with Crippen molar-refractivity contribution in [2.45, 2.75) is 11.8 Å². The van der Waals surface area contributed by atoms with E-state index < -0.39 is 37.1 Å². The molecule has 0 radical (unpaired) electrons. The Morgan fingerprint density at radius 2 is 1.86 bits per heavy atom. The number of nitrogens with two attached hydrogens (primary N) is 1. The predicted molar refractivity (Wildman–Crippen MR) is 74.6 cm³/mol. The zero-order valence-corrected chi connectivity index (χ0v) is 13.0. The van der Waals surface area contributed by atoms with Crippen LogP contribution in [0.1, 0.15) is 15.9 Å². The van der Waals surface area contributed by atoms with E-state index in [1.165, 1.54) is 6.92 Å². The van der Waals surface area contributed by atoms with Gasteiger partial charge < -0.3 is 5.32 Å². The maximum absolute atomic E-state index is 13.7. The highest BCUT2D eigenvalue weighted by atomic mass is 32.2. The van der Waals surface area contributed by atoms with Crippen molar-refractivity contribution in [2.75, 3.05) is 18.6 Å². The van der Waals surface area contributed by atoms with Gasteiger partial charge in [0.1, 0.15) is 15.7 Å². The lowest BCUT2D eigenvalue weighted by Crippen LogP contribution is -2.30. The van der Waals surface area contributed by atoms with E-state index in [2.05, 4.69) is 5.32 Å². The van der Waals surface area contributed by atoms with Gasteiger partial charge in [-0.1, -0.05) is 0 Å². The maximum atomic E-state index is 13.7. The number of sulfone groups is 1. The van der Waals surface area contributed by atoms with E-state index in [0.29, 0.717) is 0 Å². The van der Waals surface area contributed by atoms with Gasteiger partial charge in [-0.15, -0.1) is 0 Å². The molecule has 1 aromatic carbocycles. The molecule has 0 spiro atoms. The van der Waals surface area contributed by atoms with Crippen molar-refractivity contribution < 1.29 is 26.0 Å². The lowest BCUT2D eigenvalue weighted by molar-refractivity contribution is 0.0952. The number of carbonyl (C=O) groups excluding carboxylic acids is 1. The molecule has 0 saturated carbocycles. The van der Waals surface area contributed by atoms with Crippen molar-refractivity contribution >= 4 is 25.8 Å². The normalized spacial score (nSPS) is 12.2. The Bertz CT molecular complexity index is 772. The number of hydrogen-bond acceptors (Lipinski definition) is 5. The largest absolute Gasteiger partial charge is 0.351 e. The Morgan fingerprint density at radius 1 is 1.29 bits per heavy atom. The van der Waals surface area contributed by atoms with Gasteiger partial charge in [-0.05, 0) is 24.6 Å². The quantitative estimate of drug-likeness (QED) is 0.753. The minimum atomic E-state index is -4.09. The first-order chi connectivity index (χ1) is 9.42. The van der Waals surface area contributed by atoms with Crippen molar-refractivity contribution in [3.63, 3.8) is 0 Å². The summed E-state index contributed by atoms with van der Waals surface area (Å²) in [6.07, 6.45) is 0.991. The number of aryl methyl sites for hydroxylation is 1. The van der Waals surface area contributed by atoms with Crippen LogP contribution in [-0.2, 0) is 19.9 Å². The molecule has 1 aromatic rings. The Morgan fingerprint density at radius 3 is 2.33 bits per heavy atom. The zero-order chi connectivity index (χ0) is 16.4. The fourth-order valence-electron chi connectivity index (χ4n) is 1.58. The van der Waals surface area contributed by atoms with Crippen LogP contribution in [0.15, 0.2) is 17.0 Å². The number of carbonyl (C=O) groups is 1. The lowest BCUT2D eigenvalue weighted by Gasteiger charge is -2.09. The van der Waals surface area contributed by atoms with Gasteiger partial charge >= 0.3 is 0 Å². The molecular weight excluding hydrogens is 323 g/mol. The van der Waals surface area contributed by atoms with Crippen molar-refractivity contribution in [3.8, 4) is 0 Å². The van der Waals surface area contributed by atoms with Crippen LogP contribution in [0.25, 0.3) is 0 Å². The fraction of sp³-hybridized carbons (Fsp3) is 0.364. The molecule has 0 fully saturated rings. The zero-order valence-electron chi connectivity index (χ0n) is 11.4. The van der Waals surface area contributed by atoms with Gasteiger partial charge in [0.25, 0.3) is 5.91 Å². The summed E-state index contributed by atoms with van der Waals surface area (Å²) < 4.78 is 58.2. The van der Waals surface area contributed by atoms with Gasteiger partial charge in [-0.25, -0.2) is 26.4 Å². The van der Waals surface area contributed by atoms with Crippen LogP contribution in [0.5, 0.6) is 0 Å². The van der Waals surface area contributed by atoms with Crippen LogP contribution in [0, 0.1) is 12.7 Å². The van der Waals surface area contributed by atoms with Crippen molar-refractivity contribution in [1.29, 1.82) is 0 Å². The van der Waals surface area contributed by atoms with E-state index in [-0.39, 0.29) is 22.8 Å². The molecule has 1 rings (SSSR count). The first kappa shape index (κ1) is 17.5. The molecule has 0 aliphatic rings. The summed E-state index contributed by atoms with van der Waals surface area (Å²) in [6, 6.07) is 1.71. The standard InChI is InChI=1S/C11H15FN2O5S2/c1-7-5-9(12)8(6-10(7)21(13,18)19)11(15)14-3-4-20(2,16)17/h5-6H,3-4H2,1-2H3,(H,14,15)(H2,13,18,19). The Kier molecular flexibility index (Phi) is 5.07. The fourth-order valence-corrected chi connectivity index (χ4v) is 2.84. The lowest BCUT2D eigenvalue weighted by atomic mass is 10.1. The second-order valence-electron chi connectivity index (χ2n) is 4.53. The molecule has 21 heavy (non-hydrogen) atoms. The average Bonchev–Trinajstić information content (AvgIpc) is 2.24. The monoisotopic (exact) mass is 338 g/mol. The van der Waals surface area contributed by atoms with E-state index in [9.17, 15) is 26.0 Å². The number of primary sulfonamides is 1. The molecule has 0 heterocycles. The third kappa shape index (κ3) is 5.06. The van der Waals surface area contributed by atoms with E-state index in [0.717, 1.165) is 18.4 Å². The number of hydrogen-bond donors (Lipinski definition) is 2. The Hall–Kier alpha value is -1.52. The third-order valence-corrected chi connectivity index (χ3v) is 4.57. The molecule has 0 aromatic heterocycles. The summed E-state index contributed by atoms with van der Waals surface area (Å²) in [7, 11) is -7.37. The number of sulfonamides is 1. The van der Waals surface area contributed by atoms with Gasteiger partial charge in [0.05, 0.1) is 16.2 Å². The predicted octanol–water partition coefficient (Wildman–Crippen LogP) is -0.444. The Balaban J connectivity index is 3.05. The van der Waals surface area contributed by atoms with E-state index in [1.54, 1.807) is 0 Å². The summed E-state index contributed by atoms with van der Waals surface area (Å²) in [5.74, 6) is -2.15. The van der Waals surface area contributed by atoms with Crippen molar-refractivity contribution in [2.24, 2.45) is 5.14 Å². The van der Waals surface area contributed by atoms with Crippen LogP contribution in [-0.4, -0.2) is 41.3 Å². The summed E-state index contributed by atoms with van der Waals surface area (Å²) in [5.41, 5.74) is -0.444. The Labute approximate surface area is 122 Å². The molecule has 0 atom stereocenters. The molecule has 118 valence electrons. The van der Waals surface area contributed by atoms with Crippen LogP contribution < -0.4 is 10.5 Å². The highest BCUT2D eigenvalue weighted by Gasteiger charge is 2.19. The molecule has 1 amide bonds. The van der Waals surface area contributed by atoms with E-state index >= 15 is 0 Å². The second-order valence-corrected chi connectivity index (χ2v) is 8.32. The molecule has 0 unspecified atom stereocenters. The molecule has 0 saturated heterocycles. The molecule has 0 bridgehead atoms. The van der Waals surface area contributed by atoms with Gasteiger partial charge in [0.2, 0.25) is 10.0 Å². The minimum Gasteiger partial charge on any atom is -0.351 e. The van der Waals surface area contributed by atoms with Gasteiger partial charge in [-0.3, -0.25) is 4.79 Å². The molecular formula is C11H15FN2O5S2. The highest BCUT2D eigenvalue weighted by Crippen LogP contribution is 2.19. The number of nitrogens with one attached hydrogen (secondary N) is 1. The first-order valence-corrected chi connectivity index (χ1v) is 9.31. The number of amides is 1. The van der Waals surface area contributed by atoms with E-state index in [4.69, 9.17) is 5.14 Å². The number of benzene rings is 1. The molecule has 3 N–H and O–H groups in total. The van der Waals surface area contributed by atoms with Crippen LogP contribution in [0.3, 0.4) is 0 Å². The summed E-state index contributed by atoms with van der Waals surface area (Å²) >= 11 is 0. The SMILES string of the molecule is Cc1cc(F)c(C(=O)NCCS(C)(=O)=O)cc1S(N)(=O)=O. The number of halogens is 1. The molecule has 7 nitrogen and oxygen atoms in total. The van der Waals surface area contributed by atoms with Crippen molar-refractivity contribution in [1.82, 2.24) is 5.32 Å². The molecule has 0 aliphatic carbocycles. The molecule has 0 aliphatic heterocycles. The van der Waals surface area contributed by atoms with Crippen LogP contribution in [0.2, 0.25) is 0 Å². The van der Waals surface area contributed by atoms with Crippen molar-refractivity contribution in [3.05, 3.63) is 29.1 Å².